The van der Waals surface area contributed by atoms with E-state index < -0.39 is 5.97 Å². The van der Waals surface area contributed by atoms with Crippen molar-refractivity contribution < 1.29 is 14.7 Å². The molecule has 0 bridgehead atoms. The van der Waals surface area contributed by atoms with Crippen molar-refractivity contribution in [2.75, 3.05) is 18.4 Å². The third-order valence-electron chi connectivity index (χ3n) is 4.55. The first kappa shape index (κ1) is 18.5. The van der Waals surface area contributed by atoms with Crippen LogP contribution in [-0.2, 0) is 11.2 Å². The van der Waals surface area contributed by atoms with E-state index in [0.717, 1.165) is 42.2 Å². The molecule has 138 valence electrons. The van der Waals surface area contributed by atoms with Gasteiger partial charge in [-0.1, -0.05) is 12.1 Å². The second kappa shape index (κ2) is 8.42. The van der Waals surface area contributed by atoms with Gasteiger partial charge in [-0.2, -0.15) is 0 Å². The molecule has 1 aromatic heterocycles. The van der Waals surface area contributed by atoms with Gasteiger partial charge in [0.2, 0.25) is 0 Å². The molecule has 1 fully saturated rings. The van der Waals surface area contributed by atoms with Crippen molar-refractivity contribution in [3.8, 4) is 0 Å². The molecule has 6 nitrogen and oxygen atoms in total. The maximum atomic E-state index is 12.6. The third kappa shape index (κ3) is 4.68. The molecular weight excluding hydrogens is 350 g/mol. The SMILES string of the molecule is Cc1nc(C2CCNCC2)sc1C(=O)Nc1ccc(CCC(=O)O)cc1. The summed E-state index contributed by atoms with van der Waals surface area (Å²) in [6.07, 6.45) is 2.71. The van der Waals surface area contributed by atoms with Crippen molar-refractivity contribution in [2.45, 2.75) is 38.5 Å². The molecule has 0 radical (unpaired) electrons. The average Bonchev–Trinajstić information content (AvgIpc) is 3.04. The van der Waals surface area contributed by atoms with Crippen LogP contribution in [0, 0.1) is 6.92 Å². The van der Waals surface area contributed by atoms with Crippen molar-refractivity contribution in [1.29, 1.82) is 0 Å². The number of hydrogen-bond acceptors (Lipinski definition) is 5. The number of carbonyl (C=O) groups is 2. The predicted octanol–water partition coefficient (Wildman–Crippen LogP) is 3.19. The van der Waals surface area contributed by atoms with Gasteiger partial charge in [0, 0.05) is 18.0 Å². The molecule has 3 N–H and O–H groups in total. The number of rotatable bonds is 6. The fraction of sp³-hybridized carbons (Fsp3) is 0.421. The van der Waals surface area contributed by atoms with Gasteiger partial charge < -0.3 is 15.7 Å². The Balaban J connectivity index is 1.64. The van der Waals surface area contributed by atoms with Gasteiger partial charge in [-0.05, 0) is 57.0 Å². The first-order valence-electron chi connectivity index (χ1n) is 8.83. The molecule has 0 spiro atoms. The predicted molar refractivity (Wildman–Crippen MR) is 102 cm³/mol. The molecule has 2 heterocycles. The van der Waals surface area contributed by atoms with Gasteiger partial charge in [-0.15, -0.1) is 11.3 Å². The zero-order chi connectivity index (χ0) is 18.5. The quantitative estimate of drug-likeness (QED) is 0.723. The monoisotopic (exact) mass is 373 g/mol. The Morgan fingerprint density at radius 3 is 2.62 bits per heavy atom. The maximum Gasteiger partial charge on any atom is 0.303 e. The molecule has 3 rings (SSSR count). The summed E-state index contributed by atoms with van der Waals surface area (Å²) in [7, 11) is 0. The maximum absolute atomic E-state index is 12.6. The third-order valence-corrected chi connectivity index (χ3v) is 5.87. The standard InChI is InChI=1S/C19H23N3O3S/c1-12-17(26-19(21-12)14-8-10-20-11-9-14)18(25)22-15-5-2-13(3-6-15)4-7-16(23)24/h2-3,5-6,14,20H,4,7-11H2,1H3,(H,22,25)(H,23,24). The topological polar surface area (TPSA) is 91.3 Å². The number of amides is 1. The van der Waals surface area contributed by atoms with Crippen LogP contribution in [0.25, 0.3) is 0 Å². The Labute approximate surface area is 156 Å². The van der Waals surface area contributed by atoms with Crippen molar-refractivity contribution in [1.82, 2.24) is 10.3 Å². The van der Waals surface area contributed by atoms with Gasteiger partial charge in [0.25, 0.3) is 5.91 Å². The first-order valence-corrected chi connectivity index (χ1v) is 9.64. The Kier molecular flexibility index (Phi) is 6.00. The highest BCUT2D eigenvalue weighted by Crippen LogP contribution is 2.31. The largest absolute Gasteiger partial charge is 0.481 e. The van der Waals surface area contributed by atoms with Crippen LogP contribution in [0.3, 0.4) is 0 Å². The number of carboxylic acid groups (broad SMARTS) is 1. The highest BCUT2D eigenvalue weighted by molar-refractivity contribution is 7.14. The summed E-state index contributed by atoms with van der Waals surface area (Å²) in [6, 6.07) is 7.30. The van der Waals surface area contributed by atoms with Gasteiger partial charge in [0.1, 0.15) is 4.88 Å². The molecule has 0 atom stereocenters. The average molecular weight is 373 g/mol. The van der Waals surface area contributed by atoms with Crippen LogP contribution in [0.15, 0.2) is 24.3 Å². The number of carbonyl (C=O) groups excluding carboxylic acids is 1. The Bertz CT molecular complexity index is 780. The zero-order valence-electron chi connectivity index (χ0n) is 14.7. The molecule has 0 aliphatic carbocycles. The normalized spacial score (nSPS) is 15.0. The number of benzene rings is 1. The summed E-state index contributed by atoms with van der Waals surface area (Å²) >= 11 is 1.49. The molecule has 0 saturated carbocycles. The number of anilines is 1. The Morgan fingerprint density at radius 1 is 1.27 bits per heavy atom. The minimum Gasteiger partial charge on any atom is -0.481 e. The summed E-state index contributed by atoms with van der Waals surface area (Å²) in [6.45, 7) is 3.88. The molecule has 26 heavy (non-hydrogen) atoms. The van der Waals surface area contributed by atoms with Gasteiger partial charge in [0.15, 0.2) is 0 Å². The van der Waals surface area contributed by atoms with E-state index in [1.165, 1.54) is 11.3 Å². The van der Waals surface area contributed by atoms with Gasteiger partial charge in [0.05, 0.1) is 10.7 Å². The van der Waals surface area contributed by atoms with E-state index in [1.54, 1.807) is 12.1 Å². The van der Waals surface area contributed by atoms with Crippen LogP contribution in [0.4, 0.5) is 5.69 Å². The van der Waals surface area contributed by atoms with E-state index in [0.29, 0.717) is 22.9 Å². The van der Waals surface area contributed by atoms with Crippen molar-refractivity contribution in [3.05, 3.63) is 45.4 Å². The molecule has 1 aliphatic rings. The second-order valence-corrected chi connectivity index (χ2v) is 7.57. The summed E-state index contributed by atoms with van der Waals surface area (Å²) in [5.41, 5.74) is 2.41. The summed E-state index contributed by atoms with van der Waals surface area (Å²) in [4.78, 5) is 28.5. The molecule has 1 aliphatic heterocycles. The van der Waals surface area contributed by atoms with Crippen molar-refractivity contribution in [2.24, 2.45) is 0 Å². The molecule has 0 unspecified atom stereocenters. The molecule has 7 heteroatoms. The van der Waals surface area contributed by atoms with E-state index >= 15 is 0 Å². The number of aliphatic carboxylic acids is 1. The number of thiazole rings is 1. The minimum absolute atomic E-state index is 0.102. The Hall–Kier alpha value is -2.25. The van der Waals surface area contributed by atoms with E-state index in [4.69, 9.17) is 5.11 Å². The minimum atomic E-state index is -0.812. The molecule has 1 saturated heterocycles. The highest BCUT2D eigenvalue weighted by Gasteiger charge is 2.22. The van der Waals surface area contributed by atoms with Crippen LogP contribution in [0.2, 0.25) is 0 Å². The van der Waals surface area contributed by atoms with Gasteiger partial charge in [-0.25, -0.2) is 4.98 Å². The van der Waals surface area contributed by atoms with Gasteiger partial charge in [-0.3, -0.25) is 9.59 Å². The fourth-order valence-electron chi connectivity index (χ4n) is 3.07. The Morgan fingerprint density at radius 2 is 1.96 bits per heavy atom. The van der Waals surface area contributed by atoms with E-state index in [2.05, 4.69) is 15.6 Å². The van der Waals surface area contributed by atoms with Gasteiger partial charge >= 0.3 is 5.97 Å². The zero-order valence-corrected chi connectivity index (χ0v) is 15.6. The fourth-order valence-corrected chi connectivity index (χ4v) is 4.20. The number of nitrogens with zero attached hydrogens (tertiary/aromatic N) is 1. The summed E-state index contributed by atoms with van der Waals surface area (Å²) in [5.74, 6) is -0.513. The smallest absolute Gasteiger partial charge is 0.303 e. The van der Waals surface area contributed by atoms with E-state index in [-0.39, 0.29) is 12.3 Å². The molecule has 1 aromatic carbocycles. The molecular formula is C19H23N3O3S. The van der Waals surface area contributed by atoms with Crippen LogP contribution < -0.4 is 10.6 Å². The summed E-state index contributed by atoms with van der Waals surface area (Å²) < 4.78 is 0. The number of hydrogen-bond donors (Lipinski definition) is 3. The van der Waals surface area contributed by atoms with Crippen LogP contribution in [0.1, 0.15) is 51.1 Å². The van der Waals surface area contributed by atoms with E-state index in [9.17, 15) is 9.59 Å². The molecule has 1 amide bonds. The highest BCUT2D eigenvalue weighted by atomic mass is 32.1. The number of nitrogens with one attached hydrogen (secondary N) is 2. The lowest BCUT2D eigenvalue weighted by molar-refractivity contribution is -0.136. The summed E-state index contributed by atoms with van der Waals surface area (Å²) in [5, 5.41) is 16.0. The number of aryl methyl sites for hydroxylation is 2. The lowest BCUT2D eigenvalue weighted by atomic mass is 9.99. The molecule has 2 aromatic rings. The lowest BCUT2D eigenvalue weighted by Gasteiger charge is -2.20. The number of aromatic nitrogens is 1. The van der Waals surface area contributed by atoms with Crippen LogP contribution in [-0.4, -0.2) is 35.1 Å². The van der Waals surface area contributed by atoms with Crippen molar-refractivity contribution in [3.63, 3.8) is 0 Å². The number of piperidine rings is 1. The number of carboxylic acids is 1. The van der Waals surface area contributed by atoms with Crippen LogP contribution in [0.5, 0.6) is 0 Å². The second-order valence-electron chi connectivity index (χ2n) is 6.54. The van der Waals surface area contributed by atoms with Crippen molar-refractivity contribution >= 4 is 28.9 Å². The first-order chi connectivity index (χ1) is 12.5. The van der Waals surface area contributed by atoms with Crippen LogP contribution >= 0.6 is 11.3 Å². The van der Waals surface area contributed by atoms with E-state index in [1.807, 2.05) is 19.1 Å². The lowest BCUT2D eigenvalue weighted by Crippen LogP contribution is -2.26.